The molecule has 0 aromatic carbocycles. The van der Waals surface area contributed by atoms with E-state index in [9.17, 15) is 9.59 Å². The largest absolute Gasteiger partial charge is 0.336 e. The zero-order valence-corrected chi connectivity index (χ0v) is 9.64. The van der Waals surface area contributed by atoms with Gasteiger partial charge in [-0.1, -0.05) is 6.58 Å². The number of piperidine rings is 2. The summed E-state index contributed by atoms with van der Waals surface area (Å²) in [5, 5.41) is 5.46. The van der Waals surface area contributed by atoms with Crippen molar-refractivity contribution in [3.05, 3.63) is 36.6 Å². The van der Waals surface area contributed by atoms with Crippen LogP contribution in [0.4, 0.5) is 0 Å². The molecule has 3 heterocycles. The van der Waals surface area contributed by atoms with Crippen LogP contribution in [0, 0.1) is 5.92 Å². The lowest BCUT2D eigenvalue weighted by Gasteiger charge is -2.51. The molecule has 6 nitrogen and oxygen atoms in total. The van der Waals surface area contributed by atoms with E-state index in [2.05, 4.69) is 27.2 Å². The van der Waals surface area contributed by atoms with E-state index in [1.807, 2.05) is 0 Å². The first-order valence-corrected chi connectivity index (χ1v) is 5.69. The van der Waals surface area contributed by atoms with Gasteiger partial charge in [-0.15, -0.1) is 0 Å². The third-order valence-corrected chi connectivity index (χ3v) is 3.56. The van der Waals surface area contributed by atoms with Gasteiger partial charge in [0.05, 0.1) is 0 Å². The molecule has 3 aliphatic rings. The van der Waals surface area contributed by atoms with E-state index in [4.69, 9.17) is 0 Å². The van der Waals surface area contributed by atoms with Gasteiger partial charge in [0.25, 0.3) is 5.91 Å². The van der Waals surface area contributed by atoms with E-state index in [1.54, 1.807) is 0 Å². The second-order valence-electron chi connectivity index (χ2n) is 4.72. The number of carbonyl (C=O) groups excluding carboxylic acids is 2. The Morgan fingerprint density at radius 1 is 1.56 bits per heavy atom. The van der Waals surface area contributed by atoms with Crippen molar-refractivity contribution < 1.29 is 9.59 Å². The van der Waals surface area contributed by atoms with Crippen LogP contribution in [0.15, 0.2) is 30.9 Å². The number of allylic oxidation sites excluding steroid dienone is 1. The molecule has 0 atom stereocenters. The number of carbonyl (C=O) groups is 2. The van der Waals surface area contributed by atoms with Crippen molar-refractivity contribution in [1.29, 1.82) is 0 Å². The number of hydrogen-bond acceptors (Lipinski definition) is 4. The molecule has 1 aliphatic carbocycles. The molecule has 1 aromatic rings. The van der Waals surface area contributed by atoms with Crippen LogP contribution < -0.4 is 10.6 Å². The van der Waals surface area contributed by atoms with Gasteiger partial charge in [-0.3, -0.25) is 9.59 Å². The average molecular weight is 244 g/mol. The summed E-state index contributed by atoms with van der Waals surface area (Å²) in [7, 11) is 0. The SMILES string of the molecule is C=C1NC(=O)C2(NC(=O)c3ccncn3)CC1C2. The quantitative estimate of drug-likeness (QED) is 0.767. The summed E-state index contributed by atoms with van der Waals surface area (Å²) in [6.07, 6.45) is 4.04. The lowest BCUT2D eigenvalue weighted by molar-refractivity contribution is -0.135. The molecule has 0 unspecified atom stereocenters. The summed E-state index contributed by atoms with van der Waals surface area (Å²) in [6, 6.07) is 1.52. The van der Waals surface area contributed by atoms with E-state index < -0.39 is 5.54 Å². The topological polar surface area (TPSA) is 84.0 Å². The third-order valence-electron chi connectivity index (χ3n) is 3.56. The maximum atomic E-state index is 12.0. The third kappa shape index (κ3) is 1.49. The molecule has 2 bridgehead atoms. The van der Waals surface area contributed by atoms with Gasteiger partial charge < -0.3 is 10.6 Å². The number of nitrogens with one attached hydrogen (secondary N) is 2. The first kappa shape index (κ1) is 10.9. The Morgan fingerprint density at radius 3 is 2.94 bits per heavy atom. The second-order valence-corrected chi connectivity index (χ2v) is 4.72. The Labute approximate surface area is 104 Å². The van der Waals surface area contributed by atoms with Crippen molar-refractivity contribution in [1.82, 2.24) is 20.6 Å². The molecule has 2 N–H and O–H groups in total. The van der Waals surface area contributed by atoms with Gasteiger partial charge in [-0.05, 0) is 18.9 Å². The molecule has 6 heteroatoms. The Kier molecular flexibility index (Phi) is 2.19. The fraction of sp³-hybridized carbons (Fsp3) is 0.333. The maximum Gasteiger partial charge on any atom is 0.270 e. The Bertz CT molecular complexity index is 534. The molecule has 0 spiro atoms. The van der Waals surface area contributed by atoms with Gasteiger partial charge in [-0.2, -0.15) is 0 Å². The lowest BCUT2D eigenvalue weighted by atomic mass is 9.63. The van der Waals surface area contributed by atoms with Gasteiger partial charge in [0.1, 0.15) is 17.6 Å². The highest BCUT2D eigenvalue weighted by atomic mass is 16.2. The van der Waals surface area contributed by atoms with Gasteiger partial charge in [0.15, 0.2) is 0 Å². The zero-order valence-electron chi connectivity index (χ0n) is 9.64. The average Bonchev–Trinajstić information content (AvgIpc) is 2.32. The van der Waals surface area contributed by atoms with Crippen molar-refractivity contribution >= 4 is 11.8 Å². The van der Waals surface area contributed by atoms with Gasteiger partial charge in [-0.25, -0.2) is 9.97 Å². The maximum absolute atomic E-state index is 12.0. The zero-order chi connectivity index (χ0) is 12.8. The molecule has 3 fully saturated rings. The number of aromatic nitrogens is 2. The molecule has 18 heavy (non-hydrogen) atoms. The van der Waals surface area contributed by atoms with Crippen LogP contribution in [0.2, 0.25) is 0 Å². The number of amides is 2. The molecule has 1 saturated carbocycles. The van der Waals surface area contributed by atoms with E-state index in [1.165, 1.54) is 18.6 Å². The van der Waals surface area contributed by atoms with Gasteiger partial charge in [0.2, 0.25) is 5.91 Å². The van der Waals surface area contributed by atoms with Crippen LogP contribution in [0.3, 0.4) is 0 Å². The Morgan fingerprint density at radius 2 is 2.33 bits per heavy atom. The molecule has 2 aliphatic heterocycles. The Hall–Kier alpha value is -2.24. The van der Waals surface area contributed by atoms with Crippen LogP contribution in [0.25, 0.3) is 0 Å². The minimum atomic E-state index is -0.784. The number of nitrogens with zero attached hydrogens (tertiary/aromatic N) is 2. The molecule has 0 radical (unpaired) electrons. The van der Waals surface area contributed by atoms with E-state index in [0.29, 0.717) is 12.8 Å². The highest BCUT2D eigenvalue weighted by Gasteiger charge is 2.56. The predicted octanol–water partition coefficient (Wildman–Crippen LogP) is -0.00130. The van der Waals surface area contributed by atoms with Crippen LogP contribution >= 0.6 is 0 Å². The molecule has 92 valence electrons. The summed E-state index contributed by atoms with van der Waals surface area (Å²) >= 11 is 0. The number of rotatable bonds is 2. The normalized spacial score (nSPS) is 29.2. The summed E-state index contributed by atoms with van der Waals surface area (Å²) in [5.41, 5.74) is 0.228. The molecule has 4 rings (SSSR count). The Balaban J connectivity index is 1.77. The number of hydrogen-bond donors (Lipinski definition) is 2. The van der Waals surface area contributed by atoms with E-state index in [-0.39, 0.29) is 23.4 Å². The van der Waals surface area contributed by atoms with Gasteiger partial charge >= 0.3 is 0 Å². The monoisotopic (exact) mass is 244 g/mol. The van der Waals surface area contributed by atoms with Crippen LogP contribution in [-0.4, -0.2) is 27.3 Å². The van der Waals surface area contributed by atoms with Crippen molar-refractivity contribution in [2.24, 2.45) is 5.92 Å². The summed E-state index contributed by atoms with van der Waals surface area (Å²) < 4.78 is 0. The summed E-state index contributed by atoms with van der Waals surface area (Å²) in [4.78, 5) is 31.5. The molecular weight excluding hydrogens is 232 g/mol. The fourth-order valence-corrected chi connectivity index (χ4v) is 2.45. The van der Waals surface area contributed by atoms with Gasteiger partial charge in [0, 0.05) is 17.8 Å². The number of fused-ring (bicyclic) bond motifs is 2. The minimum Gasteiger partial charge on any atom is -0.336 e. The van der Waals surface area contributed by atoms with Crippen LogP contribution in [0.1, 0.15) is 23.3 Å². The van der Waals surface area contributed by atoms with Crippen molar-refractivity contribution in [2.75, 3.05) is 0 Å². The summed E-state index contributed by atoms with van der Waals surface area (Å²) in [5.74, 6) is -0.260. The van der Waals surface area contributed by atoms with Crippen LogP contribution in [0.5, 0.6) is 0 Å². The first-order chi connectivity index (χ1) is 8.61. The molecule has 1 aromatic heterocycles. The molecule has 2 amide bonds. The van der Waals surface area contributed by atoms with E-state index >= 15 is 0 Å². The fourth-order valence-electron chi connectivity index (χ4n) is 2.45. The van der Waals surface area contributed by atoms with E-state index in [0.717, 1.165) is 5.70 Å². The lowest BCUT2D eigenvalue weighted by Crippen LogP contribution is -2.70. The predicted molar refractivity (Wildman–Crippen MR) is 62.2 cm³/mol. The highest BCUT2D eigenvalue weighted by Crippen LogP contribution is 2.45. The van der Waals surface area contributed by atoms with Crippen LogP contribution in [-0.2, 0) is 4.79 Å². The van der Waals surface area contributed by atoms with Crippen molar-refractivity contribution in [3.8, 4) is 0 Å². The molecular formula is C12H12N4O2. The second kappa shape index (κ2) is 3.63. The van der Waals surface area contributed by atoms with Crippen molar-refractivity contribution in [2.45, 2.75) is 18.4 Å². The molecule has 2 saturated heterocycles. The smallest absolute Gasteiger partial charge is 0.270 e. The minimum absolute atomic E-state index is 0.183. The van der Waals surface area contributed by atoms with Crippen molar-refractivity contribution in [3.63, 3.8) is 0 Å². The summed E-state index contributed by atoms with van der Waals surface area (Å²) in [6.45, 7) is 3.79. The first-order valence-electron chi connectivity index (χ1n) is 5.69. The standard InChI is InChI=1S/C12H12N4O2/c1-7-8-4-12(5-8,11(18)15-7)16-10(17)9-2-3-13-6-14-9/h2-3,6,8H,1,4-5H2,(H,15,18)(H,16,17). The highest BCUT2D eigenvalue weighted by molar-refractivity contribution is 6.00.